The molecular formula is C16H16O2. The maximum atomic E-state index is 10.8. The Morgan fingerprint density at radius 3 is 1.94 bits per heavy atom. The molecule has 0 aliphatic rings. The van der Waals surface area contributed by atoms with Gasteiger partial charge in [-0.05, 0) is 36.6 Å². The summed E-state index contributed by atoms with van der Waals surface area (Å²) in [5, 5.41) is 0. The van der Waals surface area contributed by atoms with Crippen molar-refractivity contribution in [3.05, 3.63) is 65.2 Å². The monoisotopic (exact) mass is 240 g/mol. The van der Waals surface area contributed by atoms with Crippen molar-refractivity contribution in [2.75, 3.05) is 0 Å². The van der Waals surface area contributed by atoms with E-state index in [0.29, 0.717) is 5.75 Å². The molecule has 18 heavy (non-hydrogen) atoms. The summed E-state index contributed by atoms with van der Waals surface area (Å²) < 4.78 is 5.00. The predicted octanol–water partition coefficient (Wildman–Crippen LogP) is 3.51. The van der Waals surface area contributed by atoms with Crippen molar-refractivity contribution in [3.63, 3.8) is 0 Å². The lowest BCUT2D eigenvalue weighted by molar-refractivity contribution is -0.131. The van der Waals surface area contributed by atoms with E-state index in [1.54, 1.807) is 0 Å². The van der Waals surface area contributed by atoms with Crippen LogP contribution >= 0.6 is 0 Å². The molecule has 0 spiro atoms. The molecule has 0 amide bonds. The molecule has 0 fully saturated rings. The fraction of sp³-hybridized carbons (Fsp3) is 0.188. The molecule has 0 N–H and O–H groups in total. The fourth-order valence-electron chi connectivity index (χ4n) is 1.78. The van der Waals surface area contributed by atoms with Gasteiger partial charge in [0, 0.05) is 6.92 Å². The van der Waals surface area contributed by atoms with Crippen LogP contribution in [0.15, 0.2) is 48.5 Å². The Labute approximate surface area is 107 Å². The van der Waals surface area contributed by atoms with E-state index >= 15 is 0 Å². The first kappa shape index (κ1) is 12.4. The van der Waals surface area contributed by atoms with Crippen LogP contribution in [-0.4, -0.2) is 5.97 Å². The third kappa shape index (κ3) is 3.45. The van der Waals surface area contributed by atoms with Gasteiger partial charge in [0.15, 0.2) is 0 Å². The average Bonchev–Trinajstić information content (AvgIpc) is 2.34. The van der Waals surface area contributed by atoms with E-state index in [1.807, 2.05) is 24.3 Å². The Morgan fingerprint density at radius 1 is 0.944 bits per heavy atom. The Balaban J connectivity index is 2.06. The zero-order valence-corrected chi connectivity index (χ0v) is 10.6. The van der Waals surface area contributed by atoms with Crippen LogP contribution in [0.3, 0.4) is 0 Å². The second kappa shape index (κ2) is 5.50. The van der Waals surface area contributed by atoms with Gasteiger partial charge < -0.3 is 4.74 Å². The van der Waals surface area contributed by atoms with Gasteiger partial charge in [-0.1, -0.05) is 42.0 Å². The molecule has 2 rings (SSSR count). The summed E-state index contributed by atoms with van der Waals surface area (Å²) in [6.07, 6.45) is 0.890. The van der Waals surface area contributed by atoms with Crippen LogP contribution in [0.5, 0.6) is 5.75 Å². The molecule has 0 radical (unpaired) electrons. The first-order chi connectivity index (χ1) is 8.63. The molecule has 0 aromatic heterocycles. The predicted molar refractivity (Wildman–Crippen MR) is 71.7 cm³/mol. The Kier molecular flexibility index (Phi) is 3.78. The maximum absolute atomic E-state index is 10.8. The van der Waals surface area contributed by atoms with Gasteiger partial charge in [0.25, 0.3) is 0 Å². The molecule has 2 heteroatoms. The summed E-state index contributed by atoms with van der Waals surface area (Å²) in [6, 6.07) is 16.1. The van der Waals surface area contributed by atoms with Crippen molar-refractivity contribution in [3.8, 4) is 5.75 Å². The minimum atomic E-state index is -0.290. The van der Waals surface area contributed by atoms with Crippen LogP contribution < -0.4 is 4.74 Å². The SMILES string of the molecule is CC(=O)Oc1ccc(Cc2ccc(C)cc2)cc1. The fourth-order valence-corrected chi connectivity index (χ4v) is 1.78. The molecule has 92 valence electrons. The smallest absolute Gasteiger partial charge is 0.308 e. The number of hydrogen-bond donors (Lipinski definition) is 0. The van der Waals surface area contributed by atoms with Gasteiger partial charge in [0.05, 0.1) is 0 Å². The zero-order valence-electron chi connectivity index (χ0n) is 10.6. The van der Waals surface area contributed by atoms with E-state index in [-0.39, 0.29) is 5.97 Å². The number of rotatable bonds is 3. The molecule has 0 bridgehead atoms. The summed E-state index contributed by atoms with van der Waals surface area (Å²) in [5.74, 6) is 0.302. The lowest BCUT2D eigenvalue weighted by atomic mass is 10.0. The molecule has 0 saturated carbocycles. The topological polar surface area (TPSA) is 26.3 Å². The number of benzene rings is 2. The van der Waals surface area contributed by atoms with Crippen LogP contribution in [0, 0.1) is 6.92 Å². The number of carbonyl (C=O) groups is 1. The van der Waals surface area contributed by atoms with E-state index in [4.69, 9.17) is 4.74 Å². The highest BCUT2D eigenvalue weighted by atomic mass is 16.5. The second-order valence-corrected chi connectivity index (χ2v) is 4.40. The van der Waals surface area contributed by atoms with Crippen molar-refractivity contribution < 1.29 is 9.53 Å². The standard InChI is InChI=1S/C16H16O2/c1-12-3-5-14(6-4-12)11-15-7-9-16(10-8-15)18-13(2)17/h3-10H,11H2,1-2H3. The second-order valence-electron chi connectivity index (χ2n) is 4.40. The lowest BCUT2D eigenvalue weighted by Crippen LogP contribution is -2.01. The first-order valence-corrected chi connectivity index (χ1v) is 5.96. The summed E-state index contributed by atoms with van der Waals surface area (Å²) in [6.45, 7) is 3.48. The third-order valence-electron chi connectivity index (χ3n) is 2.71. The van der Waals surface area contributed by atoms with Gasteiger partial charge in [-0.3, -0.25) is 4.79 Å². The highest BCUT2D eigenvalue weighted by molar-refractivity contribution is 5.69. The van der Waals surface area contributed by atoms with Crippen molar-refractivity contribution in [1.82, 2.24) is 0 Å². The van der Waals surface area contributed by atoms with Gasteiger partial charge in [-0.15, -0.1) is 0 Å². The molecule has 2 aromatic rings. The number of aryl methyl sites for hydroxylation is 1. The van der Waals surface area contributed by atoms with Gasteiger partial charge in [0.2, 0.25) is 0 Å². The highest BCUT2D eigenvalue weighted by Gasteiger charge is 1.99. The quantitative estimate of drug-likeness (QED) is 0.606. The molecule has 0 saturated heterocycles. The number of hydrogen-bond acceptors (Lipinski definition) is 2. The Morgan fingerprint density at radius 2 is 1.44 bits per heavy atom. The van der Waals surface area contributed by atoms with Crippen molar-refractivity contribution in [1.29, 1.82) is 0 Å². The van der Waals surface area contributed by atoms with E-state index in [1.165, 1.54) is 23.6 Å². The normalized spacial score (nSPS) is 10.1. The summed E-state index contributed by atoms with van der Waals surface area (Å²) in [7, 11) is 0. The first-order valence-electron chi connectivity index (χ1n) is 5.96. The van der Waals surface area contributed by atoms with E-state index < -0.39 is 0 Å². The molecule has 0 heterocycles. The average molecular weight is 240 g/mol. The van der Waals surface area contributed by atoms with Gasteiger partial charge in [-0.2, -0.15) is 0 Å². The number of ether oxygens (including phenoxy) is 1. The van der Waals surface area contributed by atoms with E-state index in [0.717, 1.165) is 6.42 Å². The molecule has 2 nitrogen and oxygen atoms in total. The lowest BCUT2D eigenvalue weighted by Gasteiger charge is -2.04. The molecular weight excluding hydrogens is 224 g/mol. The van der Waals surface area contributed by atoms with Gasteiger partial charge in [0.1, 0.15) is 5.75 Å². The molecule has 0 aliphatic carbocycles. The molecule has 0 atom stereocenters. The minimum absolute atomic E-state index is 0.290. The van der Waals surface area contributed by atoms with Crippen molar-refractivity contribution >= 4 is 5.97 Å². The molecule has 0 aliphatic heterocycles. The summed E-state index contributed by atoms with van der Waals surface area (Å²) in [4.78, 5) is 10.8. The highest BCUT2D eigenvalue weighted by Crippen LogP contribution is 2.15. The third-order valence-corrected chi connectivity index (χ3v) is 2.71. The Bertz CT molecular complexity index is 524. The van der Waals surface area contributed by atoms with Crippen LogP contribution in [-0.2, 0) is 11.2 Å². The van der Waals surface area contributed by atoms with Crippen molar-refractivity contribution in [2.45, 2.75) is 20.3 Å². The van der Waals surface area contributed by atoms with Crippen LogP contribution in [0.4, 0.5) is 0 Å². The summed E-state index contributed by atoms with van der Waals surface area (Å²) >= 11 is 0. The van der Waals surface area contributed by atoms with Crippen LogP contribution in [0.25, 0.3) is 0 Å². The zero-order chi connectivity index (χ0) is 13.0. The van der Waals surface area contributed by atoms with Crippen LogP contribution in [0.2, 0.25) is 0 Å². The van der Waals surface area contributed by atoms with Gasteiger partial charge in [-0.25, -0.2) is 0 Å². The maximum Gasteiger partial charge on any atom is 0.308 e. The number of esters is 1. The molecule has 2 aromatic carbocycles. The minimum Gasteiger partial charge on any atom is -0.427 e. The number of carbonyl (C=O) groups excluding carboxylic acids is 1. The Hall–Kier alpha value is -2.09. The van der Waals surface area contributed by atoms with E-state index in [2.05, 4.69) is 31.2 Å². The summed E-state index contributed by atoms with van der Waals surface area (Å²) in [5.41, 5.74) is 3.75. The molecule has 0 unspecified atom stereocenters. The van der Waals surface area contributed by atoms with Gasteiger partial charge >= 0.3 is 5.97 Å². The largest absolute Gasteiger partial charge is 0.427 e. The van der Waals surface area contributed by atoms with Crippen molar-refractivity contribution in [2.24, 2.45) is 0 Å². The van der Waals surface area contributed by atoms with Crippen LogP contribution in [0.1, 0.15) is 23.6 Å². The van der Waals surface area contributed by atoms with E-state index in [9.17, 15) is 4.79 Å².